The largest absolute Gasteiger partial charge is 0.414 e. The molecule has 10 nitrogen and oxygen atoms in total. The molecule has 7 rings (SSSR count). The van der Waals surface area contributed by atoms with Crippen LogP contribution in [-0.2, 0) is 18.6 Å². The lowest BCUT2D eigenvalue weighted by molar-refractivity contribution is -0.199. The van der Waals surface area contributed by atoms with Crippen molar-refractivity contribution in [1.29, 1.82) is 0 Å². The van der Waals surface area contributed by atoms with Crippen LogP contribution in [0.25, 0.3) is 11.0 Å². The van der Waals surface area contributed by atoms with Gasteiger partial charge in [0.2, 0.25) is 11.2 Å². The summed E-state index contributed by atoms with van der Waals surface area (Å²) in [7, 11) is -2.85. The highest BCUT2D eigenvalue weighted by Crippen LogP contribution is 2.45. The Kier molecular flexibility index (Phi) is 8.89. The number of aromatic nitrogens is 3. The van der Waals surface area contributed by atoms with Gasteiger partial charge in [0.1, 0.15) is 18.3 Å². The van der Waals surface area contributed by atoms with Crippen LogP contribution in [0.1, 0.15) is 66.5 Å². The first-order valence-electron chi connectivity index (χ1n) is 16.7. The van der Waals surface area contributed by atoms with Crippen molar-refractivity contribution in [3.05, 3.63) is 78.2 Å². The summed E-state index contributed by atoms with van der Waals surface area (Å²) in [5.41, 5.74) is 0.462. The average Bonchev–Trinajstić information content (AvgIpc) is 3.83. The van der Waals surface area contributed by atoms with E-state index in [2.05, 4.69) is 84.6 Å². The molecule has 0 radical (unpaired) electrons. The van der Waals surface area contributed by atoms with E-state index in [1.807, 2.05) is 36.7 Å². The number of ether oxygens (including phenoxy) is 4. The summed E-state index contributed by atoms with van der Waals surface area (Å²) in [6.45, 7) is 10.9. The average molecular weight is 691 g/mol. The summed E-state index contributed by atoms with van der Waals surface area (Å²) in [5, 5.41) is 5.59. The van der Waals surface area contributed by atoms with E-state index in [9.17, 15) is 4.79 Å². The van der Waals surface area contributed by atoms with Crippen LogP contribution in [0.15, 0.2) is 72.9 Å². The molecule has 12 heteroatoms. The van der Waals surface area contributed by atoms with Gasteiger partial charge in [0.15, 0.2) is 17.7 Å². The molecule has 1 amide bonds. The predicted octanol–water partition coefficient (Wildman–Crippen LogP) is 6.11. The minimum atomic E-state index is -2.85. The van der Waals surface area contributed by atoms with Crippen molar-refractivity contribution in [2.45, 2.75) is 102 Å². The highest BCUT2D eigenvalue weighted by atomic mass is 35.5. The summed E-state index contributed by atoms with van der Waals surface area (Å²) in [5.74, 6) is -0.751. The third kappa shape index (κ3) is 6.16. The van der Waals surface area contributed by atoms with Crippen LogP contribution in [0.2, 0.25) is 10.3 Å². The second-order valence-electron chi connectivity index (χ2n) is 14.4. The Labute approximate surface area is 287 Å². The lowest BCUT2D eigenvalue weighted by Gasteiger charge is -2.43. The molecule has 1 N–H and O–H groups in total. The Morgan fingerprint density at radius 2 is 1.60 bits per heavy atom. The number of rotatable bonds is 8. The Morgan fingerprint density at radius 1 is 0.979 bits per heavy atom. The number of carbonyl (C=O) groups is 1. The minimum absolute atomic E-state index is 0.0452. The van der Waals surface area contributed by atoms with Gasteiger partial charge in [-0.3, -0.25) is 0 Å². The van der Waals surface area contributed by atoms with Crippen molar-refractivity contribution in [1.82, 2.24) is 19.9 Å². The van der Waals surface area contributed by atoms with E-state index < -0.39 is 44.7 Å². The van der Waals surface area contributed by atoms with E-state index in [1.54, 1.807) is 6.07 Å². The fourth-order valence-electron chi connectivity index (χ4n) is 7.60. The summed E-state index contributed by atoms with van der Waals surface area (Å²) in [4.78, 5) is 21.5. The quantitative estimate of drug-likeness (QED) is 0.175. The van der Waals surface area contributed by atoms with Gasteiger partial charge in [-0.15, -0.1) is 0 Å². The van der Waals surface area contributed by atoms with Gasteiger partial charge in [0.05, 0.1) is 12.0 Å². The molecule has 4 heterocycles. The molecule has 0 bridgehead atoms. The van der Waals surface area contributed by atoms with Crippen molar-refractivity contribution in [3.8, 4) is 5.88 Å². The molecule has 1 aliphatic carbocycles. The minimum Gasteiger partial charge on any atom is -0.405 e. The molecule has 48 heavy (non-hydrogen) atoms. The van der Waals surface area contributed by atoms with E-state index in [4.69, 9.17) is 35.0 Å². The normalized spacial score (nSPS) is 24.2. The number of fused-ring (bicyclic) bond motifs is 2. The topological polar surface area (TPSA) is 106 Å². The summed E-state index contributed by atoms with van der Waals surface area (Å²) in [6, 6.07) is 23.0. The maximum Gasteiger partial charge on any atom is 0.414 e. The highest BCUT2D eigenvalue weighted by Gasteiger charge is 2.58. The maximum atomic E-state index is 12.8. The van der Waals surface area contributed by atoms with Crippen molar-refractivity contribution < 1.29 is 28.2 Å². The van der Waals surface area contributed by atoms with Crippen LogP contribution in [-0.4, -0.2) is 65.7 Å². The SMILES string of the molecule is CC1(C)O[C@@H]2[C@H](O1)[C@@H](CO[Si](c1ccccc1)(c1ccccc1)C(C)(C)C)O[C@H]2n1ccc2c(OC(=O)NC3CCCC3)nc(Cl)nc21. The molecule has 3 aliphatic rings. The molecule has 4 atom stereocenters. The molecule has 2 aliphatic heterocycles. The number of nitrogens with zero attached hydrogens (tertiary/aromatic N) is 3. The zero-order valence-corrected chi connectivity index (χ0v) is 29.8. The Balaban J connectivity index is 1.20. The number of nitrogens with one attached hydrogen (secondary N) is 1. The standard InChI is InChI=1S/C36H43ClN4O6Si/c1-35(2,3)48(24-16-8-6-9-17-24,25-18-10-7-11-19-25)43-22-27-28-29(47-36(4,5)46-28)32(44-27)41-21-20-26-30(41)39-33(37)40-31(26)45-34(42)38-23-14-12-13-15-23/h6-11,16-21,23,27-29,32H,12-15,22H2,1-5H3,(H,38,42)/t27-,28-,29-,32-/m1/s1. The number of hydrogen-bond donors (Lipinski definition) is 1. The number of amides is 1. The lowest BCUT2D eigenvalue weighted by atomic mass is 10.1. The Hall–Kier alpha value is -3.32. The lowest BCUT2D eigenvalue weighted by Crippen LogP contribution is -2.67. The van der Waals surface area contributed by atoms with Crippen LogP contribution in [0.4, 0.5) is 4.79 Å². The van der Waals surface area contributed by atoms with E-state index in [0.717, 1.165) is 25.7 Å². The summed E-state index contributed by atoms with van der Waals surface area (Å²) < 4.78 is 34.6. The predicted molar refractivity (Wildman–Crippen MR) is 185 cm³/mol. The van der Waals surface area contributed by atoms with Gasteiger partial charge >= 0.3 is 6.09 Å². The first-order valence-corrected chi connectivity index (χ1v) is 19.0. The molecule has 2 saturated heterocycles. The fraction of sp³-hybridized carbons (Fsp3) is 0.472. The van der Waals surface area contributed by atoms with Crippen LogP contribution in [0.5, 0.6) is 5.88 Å². The molecule has 3 fully saturated rings. The van der Waals surface area contributed by atoms with Crippen molar-refractivity contribution >= 4 is 47.4 Å². The Bertz CT molecular complexity index is 1720. The second kappa shape index (κ2) is 12.9. The summed E-state index contributed by atoms with van der Waals surface area (Å²) >= 11 is 6.40. The van der Waals surface area contributed by atoms with Crippen LogP contribution < -0.4 is 20.4 Å². The van der Waals surface area contributed by atoms with Crippen molar-refractivity contribution in [2.75, 3.05) is 6.61 Å². The van der Waals surface area contributed by atoms with E-state index in [-0.39, 0.29) is 28.9 Å². The Morgan fingerprint density at radius 3 is 2.23 bits per heavy atom. The van der Waals surface area contributed by atoms with E-state index in [1.165, 1.54) is 10.4 Å². The maximum absolute atomic E-state index is 12.8. The molecule has 1 saturated carbocycles. The molecule has 0 spiro atoms. The van der Waals surface area contributed by atoms with Crippen LogP contribution in [0.3, 0.4) is 0 Å². The van der Waals surface area contributed by atoms with Crippen molar-refractivity contribution in [2.24, 2.45) is 0 Å². The van der Waals surface area contributed by atoms with Gasteiger partial charge in [-0.05, 0) is 59.8 Å². The molecule has 2 aromatic carbocycles. The third-order valence-electron chi connectivity index (χ3n) is 9.66. The fourth-order valence-corrected chi connectivity index (χ4v) is 12.3. The number of halogens is 1. The second-order valence-corrected chi connectivity index (χ2v) is 19.0. The molecule has 0 unspecified atom stereocenters. The molecule has 254 valence electrons. The van der Waals surface area contributed by atoms with Gasteiger partial charge in [0, 0.05) is 12.2 Å². The van der Waals surface area contributed by atoms with Gasteiger partial charge in [-0.1, -0.05) is 94.3 Å². The first kappa shape index (κ1) is 33.2. The smallest absolute Gasteiger partial charge is 0.405 e. The number of carbonyl (C=O) groups excluding carboxylic acids is 1. The zero-order chi connectivity index (χ0) is 33.7. The van der Waals surface area contributed by atoms with Gasteiger partial charge in [-0.2, -0.15) is 9.97 Å². The highest BCUT2D eigenvalue weighted by molar-refractivity contribution is 6.99. The number of benzene rings is 2. The van der Waals surface area contributed by atoms with Crippen LogP contribution >= 0.6 is 11.6 Å². The van der Waals surface area contributed by atoms with E-state index in [0.29, 0.717) is 11.0 Å². The summed E-state index contributed by atoms with van der Waals surface area (Å²) in [6.07, 6.45) is 3.38. The van der Waals surface area contributed by atoms with Gasteiger partial charge in [-0.25, -0.2) is 4.79 Å². The zero-order valence-electron chi connectivity index (χ0n) is 28.0. The molecule has 2 aromatic heterocycles. The molecule has 4 aromatic rings. The monoisotopic (exact) mass is 690 g/mol. The van der Waals surface area contributed by atoms with Gasteiger partial charge in [0.25, 0.3) is 8.32 Å². The first-order chi connectivity index (χ1) is 22.9. The van der Waals surface area contributed by atoms with E-state index >= 15 is 0 Å². The van der Waals surface area contributed by atoms with Crippen molar-refractivity contribution in [3.63, 3.8) is 0 Å². The number of hydrogen-bond acceptors (Lipinski definition) is 8. The van der Waals surface area contributed by atoms with Gasteiger partial charge < -0.3 is 33.3 Å². The third-order valence-corrected chi connectivity index (χ3v) is 14.8. The molecular formula is C36H43ClN4O6Si. The molecular weight excluding hydrogens is 648 g/mol. The van der Waals surface area contributed by atoms with Crippen LogP contribution in [0, 0.1) is 0 Å².